The Morgan fingerprint density at radius 1 is 0.745 bits per heavy atom. The second-order valence-electron chi connectivity index (χ2n) is 9.40. The molecule has 0 unspecified atom stereocenters. The summed E-state index contributed by atoms with van der Waals surface area (Å²) in [5, 5.41) is 2.35. The number of carbonyl (C=O) groups excluding carboxylic acids is 2. The van der Waals surface area contributed by atoms with E-state index in [0.717, 1.165) is 4.90 Å². The van der Waals surface area contributed by atoms with Gasteiger partial charge >= 0.3 is 47.8 Å². The zero-order valence-electron chi connectivity index (χ0n) is 23.0. The first-order chi connectivity index (χ1) is 21.0. The van der Waals surface area contributed by atoms with Gasteiger partial charge < -0.3 is 20.1 Å². The van der Waals surface area contributed by atoms with Gasteiger partial charge in [-0.2, -0.15) is 74.6 Å². The maximum absolute atomic E-state index is 14.5. The van der Waals surface area contributed by atoms with Crippen molar-refractivity contribution in [3.63, 3.8) is 0 Å². The SMILES string of the molecule is CCCN(CC(=O)NC)C(=O)Cn1cnc2c(NC(F)(F)C(F)(F)C(F)(F)C(F)(F)C(F)(F)C(F)(F)C(F)(F)C(F)(F)F)ncnc21. The van der Waals surface area contributed by atoms with Gasteiger partial charge in [-0.3, -0.25) is 9.59 Å². The first kappa shape index (κ1) is 39.3. The van der Waals surface area contributed by atoms with Gasteiger partial charge in [-0.15, -0.1) is 0 Å². The van der Waals surface area contributed by atoms with Crippen molar-refractivity contribution in [1.82, 2.24) is 29.7 Å². The third-order valence-corrected chi connectivity index (χ3v) is 6.16. The highest BCUT2D eigenvalue weighted by Gasteiger charge is 2.95. The Labute approximate surface area is 249 Å². The number of aromatic nitrogens is 4. The molecule has 0 fully saturated rings. The number of rotatable bonds is 14. The number of amides is 2. The van der Waals surface area contributed by atoms with Crippen molar-refractivity contribution >= 4 is 28.8 Å². The molecule has 0 bridgehead atoms. The minimum atomic E-state index is -8.76. The van der Waals surface area contributed by atoms with Crippen LogP contribution in [-0.2, 0) is 16.1 Å². The fourth-order valence-corrected chi connectivity index (χ4v) is 3.54. The lowest BCUT2D eigenvalue weighted by Gasteiger charge is -2.42. The molecular weight excluding hydrogens is 705 g/mol. The highest BCUT2D eigenvalue weighted by atomic mass is 19.4. The number of nitrogens with zero attached hydrogens (tertiary/aromatic N) is 5. The topological polar surface area (TPSA) is 105 Å². The first-order valence-corrected chi connectivity index (χ1v) is 12.1. The van der Waals surface area contributed by atoms with Crippen LogP contribution in [0.3, 0.4) is 0 Å². The molecule has 2 amide bonds. The molecule has 0 saturated heterocycles. The smallest absolute Gasteiger partial charge is 0.358 e. The Morgan fingerprint density at radius 3 is 1.70 bits per heavy atom. The zero-order chi connectivity index (χ0) is 36.8. The van der Waals surface area contributed by atoms with Crippen LogP contribution in [-0.4, -0.2) is 104 Å². The molecule has 0 radical (unpaired) electrons. The highest BCUT2D eigenvalue weighted by Crippen LogP contribution is 2.63. The van der Waals surface area contributed by atoms with Crippen LogP contribution in [0.15, 0.2) is 12.7 Å². The third kappa shape index (κ3) is 6.25. The molecule has 9 nitrogen and oxygen atoms in total. The molecule has 0 saturated carbocycles. The summed E-state index contributed by atoms with van der Waals surface area (Å²) in [5.74, 6) is -54.2. The second kappa shape index (κ2) is 12.3. The molecule has 0 aromatic carbocycles. The zero-order valence-corrected chi connectivity index (χ0v) is 23.0. The van der Waals surface area contributed by atoms with Gasteiger partial charge in [0.25, 0.3) is 0 Å². The van der Waals surface area contributed by atoms with Crippen LogP contribution in [0.2, 0.25) is 0 Å². The summed E-state index contributed by atoms with van der Waals surface area (Å²) in [4.78, 5) is 35.0. The Balaban J connectivity index is 2.52. The van der Waals surface area contributed by atoms with Crippen molar-refractivity contribution in [3.05, 3.63) is 12.7 Å². The molecule has 0 spiro atoms. The van der Waals surface area contributed by atoms with Crippen molar-refractivity contribution in [2.75, 3.05) is 25.5 Å². The Bertz CT molecular complexity index is 1460. The number of imidazole rings is 1. The van der Waals surface area contributed by atoms with Crippen molar-refractivity contribution in [2.24, 2.45) is 0 Å². The summed E-state index contributed by atoms with van der Waals surface area (Å²) in [6.07, 6.45) is -6.75. The lowest BCUT2D eigenvalue weighted by Crippen LogP contribution is -2.75. The number of anilines is 1. The van der Waals surface area contributed by atoms with Crippen molar-refractivity contribution in [3.8, 4) is 0 Å². The predicted octanol–water partition coefficient (Wildman–Crippen LogP) is 5.19. The normalized spacial score (nSPS) is 14.4. The number of carbonyl (C=O) groups is 2. The lowest BCUT2D eigenvalue weighted by atomic mass is 9.90. The molecule has 0 aliphatic heterocycles. The summed E-state index contributed by atoms with van der Waals surface area (Å²) < 4.78 is 231. The van der Waals surface area contributed by atoms with E-state index in [0.29, 0.717) is 17.3 Å². The van der Waals surface area contributed by atoms with Gasteiger partial charge in [-0.25, -0.2) is 15.0 Å². The molecule has 2 heterocycles. The van der Waals surface area contributed by atoms with E-state index in [4.69, 9.17) is 0 Å². The predicted molar refractivity (Wildman–Crippen MR) is 121 cm³/mol. The number of nitrogens with one attached hydrogen (secondary N) is 2. The minimum absolute atomic E-state index is 0.0142. The van der Waals surface area contributed by atoms with E-state index in [9.17, 15) is 84.2 Å². The Morgan fingerprint density at radius 2 is 1.23 bits per heavy atom. The molecule has 268 valence electrons. The van der Waals surface area contributed by atoms with Gasteiger partial charge in [0, 0.05) is 13.6 Å². The highest BCUT2D eigenvalue weighted by molar-refractivity contribution is 5.87. The van der Waals surface area contributed by atoms with E-state index in [1.54, 1.807) is 6.92 Å². The van der Waals surface area contributed by atoms with Crippen molar-refractivity contribution in [1.29, 1.82) is 0 Å². The number of likely N-dealkylation sites (N-methyl/N-ethyl adjacent to an activating group) is 1. The van der Waals surface area contributed by atoms with Gasteiger partial charge in [-0.1, -0.05) is 6.92 Å². The molecule has 47 heavy (non-hydrogen) atoms. The van der Waals surface area contributed by atoms with Crippen LogP contribution >= 0.6 is 0 Å². The summed E-state index contributed by atoms with van der Waals surface area (Å²) in [5.41, 5.74) is -1.87. The largest absolute Gasteiger partial charge is 0.460 e. The number of hydrogen-bond donors (Lipinski definition) is 2. The van der Waals surface area contributed by atoms with Crippen LogP contribution in [0.4, 0.5) is 80.5 Å². The van der Waals surface area contributed by atoms with Crippen LogP contribution in [0.5, 0.6) is 0 Å². The van der Waals surface area contributed by atoms with E-state index >= 15 is 0 Å². The van der Waals surface area contributed by atoms with Gasteiger partial charge in [-0.05, 0) is 6.42 Å². The molecule has 0 aliphatic carbocycles. The lowest BCUT2D eigenvalue weighted by molar-refractivity contribution is -0.460. The van der Waals surface area contributed by atoms with E-state index in [1.807, 2.05) is 0 Å². The number of alkyl halides is 17. The number of halogens is 17. The Hall–Kier alpha value is -3.90. The number of fused-ring (bicyclic) bond motifs is 1. The third-order valence-electron chi connectivity index (χ3n) is 6.16. The molecule has 0 aliphatic rings. The molecular formula is C21H18F17N7O2. The van der Waals surface area contributed by atoms with Gasteiger partial charge in [0.1, 0.15) is 12.9 Å². The summed E-state index contributed by atoms with van der Waals surface area (Å²) in [6, 6.07) is -6.98. The molecule has 2 rings (SSSR count). The van der Waals surface area contributed by atoms with Crippen LogP contribution in [0.25, 0.3) is 11.2 Å². The summed E-state index contributed by atoms with van der Waals surface area (Å²) >= 11 is 0. The van der Waals surface area contributed by atoms with Crippen LogP contribution in [0, 0.1) is 0 Å². The first-order valence-electron chi connectivity index (χ1n) is 12.1. The summed E-state index contributed by atoms with van der Waals surface area (Å²) in [6.45, 7) is 0.282. The molecule has 0 atom stereocenters. The monoisotopic (exact) mass is 723 g/mol. The molecule has 2 aromatic rings. The van der Waals surface area contributed by atoms with Crippen molar-refractivity contribution < 1.29 is 84.2 Å². The second-order valence-corrected chi connectivity index (χ2v) is 9.40. The molecule has 2 aromatic heterocycles. The molecule has 2 N–H and O–H groups in total. The summed E-state index contributed by atoms with van der Waals surface area (Å²) in [7, 11) is 1.23. The Kier molecular flexibility index (Phi) is 10.3. The van der Waals surface area contributed by atoms with Crippen molar-refractivity contribution in [2.45, 2.75) is 67.6 Å². The van der Waals surface area contributed by atoms with E-state index in [1.165, 1.54) is 7.05 Å². The van der Waals surface area contributed by atoms with Crippen LogP contribution in [0.1, 0.15) is 13.3 Å². The molecule has 26 heteroatoms. The average molecular weight is 723 g/mol. The van der Waals surface area contributed by atoms with Crippen LogP contribution < -0.4 is 10.6 Å². The van der Waals surface area contributed by atoms with E-state index in [-0.39, 0.29) is 18.2 Å². The average Bonchev–Trinajstić information content (AvgIpc) is 3.34. The number of hydrogen-bond acceptors (Lipinski definition) is 6. The van der Waals surface area contributed by atoms with Gasteiger partial charge in [0.15, 0.2) is 17.0 Å². The van der Waals surface area contributed by atoms with E-state index in [2.05, 4.69) is 20.3 Å². The van der Waals surface area contributed by atoms with Gasteiger partial charge in [0.2, 0.25) is 11.8 Å². The van der Waals surface area contributed by atoms with Gasteiger partial charge in [0.05, 0.1) is 12.9 Å². The maximum Gasteiger partial charge on any atom is 0.460 e. The fraction of sp³-hybridized carbons (Fsp3) is 0.667. The minimum Gasteiger partial charge on any atom is -0.358 e. The maximum atomic E-state index is 14.5. The quantitative estimate of drug-likeness (QED) is 0.206. The fourth-order valence-electron chi connectivity index (χ4n) is 3.54. The standard InChI is InChI=1S/C21H18F17N7O2/c1-3-4-44(5-9(46)39-2)10(47)6-45-8-42-11-12(40-7-41-13(11)45)43-21(37,38)19(32,33)17(28,29)15(24,25)14(22,23)16(26,27)18(30,31)20(34,35)36/h7-8H,3-6H2,1-2H3,(H,39,46)(H,40,41,43). The van der Waals surface area contributed by atoms with E-state index < -0.39 is 89.6 Å².